The maximum Gasteiger partial charge on any atom is 0.252 e. The van der Waals surface area contributed by atoms with Crippen LogP contribution in [0.2, 0.25) is 0 Å². The SMILES string of the molecule is Cc1ccc(N2C(=O)[C@H](c3ccccc3)[C@H](N3CCSCC3)C2=O)cc1. The zero-order valence-corrected chi connectivity index (χ0v) is 15.6. The third-order valence-electron chi connectivity index (χ3n) is 5.17. The number of nitrogens with zero attached hydrogens (tertiary/aromatic N) is 2. The van der Waals surface area contributed by atoms with E-state index in [-0.39, 0.29) is 11.8 Å². The minimum Gasteiger partial charge on any atom is -0.289 e. The van der Waals surface area contributed by atoms with E-state index in [1.807, 2.05) is 73.3 Å². The molecule has 0 unspecified atom stereocenters. The fourth-order valence-corrected chi connectivity index (χ4v) is 4.75. The lowest BCUT2D eigenvalue weighted by Crippen LogP contribution is -2.47. The molecule has 0 spiro atoms. The van der Waals surface area contributed by atoms with Gasteiger partial charge in [0, 0.05) is 24.6 Å². The predicted octanol–water partition coefficient (Wildman–Crippen LogP) is 3.07. The highest BCUT2D eigenvalue weighted by Gasteiger charge is 2.51. The average molecular weight is 366 g/mol. The molecule has 5 heteroatoms. The van der Waals surface area contributed by atoms with Crippen molar-refractivity contribution in [3.05, 3.63) is 65.7 Å². The van der Waals surface area contributed by atoms with Crippen molar-refractivity contribution in [2.75, 3.05) is 29.5 Å². The predicted molar refractivity (Wildman–Crippen MR) is 106 cm³/mol. The maximum atomic E-state index is 13.3. The van der Waals surface area contributed by atoms with Crippen molar-refractivity contribution in [1.82, 2.24) is 4.90 Å². The fraction of sp³-hybridized carbons (Fsp3) is 0.333. The van der Waals surface area contributed by atoms with Crippen LogP contribution in [-0.2, 0) is 9.59 Å². The lowest BCUT2D eigenvalue weighted by atomic mass is 9.92. The fourth-order valence-electron chi connectivity index (χ4n) is 3.81. The van der Waals surface area contributed by atoms with E-state index in [2.05, 4.69) is 4.90 Å². The molecule has 134 valence electrons. The molecule has 2 aromatic carbocycles. The first-order valence-corrected chi connectivity index (χ1v) is 10.1. The largest absolute Gasteiger partial charge is 0.289 e. The number of carbonyl (C=O) groups excluding carboxylic acids is 2. The molecule has 0 bridgehead atoms. The van der Waals surface area contributed by atoms with Gasteiger partial charge in [0.15, 0.2) is 0 Å². The summed E-state index contributed by atoms with van der Waals surface area (Å²) in [7, 11) is 0. The van der Waals surface area contributed by atoms with Crippen molar-refractivity contribution in [3.63, 3.8) is 0 Å². The highest BCUT2D eigenvalue weighted by Crippen LogP contribution is 2.37. The highest BCUT2D eigenvalue weighted by atomic mass is 32.2. The second kappa shape index (κ2) is 7.25. The first-order valence-electron chi connectivity index (χ1n) is 8.98. The van der Waals surface area contributed by atoms with Crippen molar-refractivity contribution in [2.24, 2.45) is 0 Å². The molecule has 2 fully saturated rings. The van der Waals surface area contributed by atoms with Crippen LogP contribution in [0.4, 0.5) is 5.69 Å². The first kappa shape index (κ1) is 17.3. The van der Waals surface area contributed by atoms with Crippen LogP contribution in [0, 0.1) is 6.92 Å². The molecule has 26 heavy (non-hydrogen) atoms. The molecule has 2 atom stereocenters. The Hall–Kier alpha value is -2.11. The molecule has 0 aromatic heterocycles. The quantitative estimate of drug-likeness (QED) is 0.783. The Morgan fingerprint density at radius 1 is 0.885 bits per heavy atom. The van der Waals surface area contributed by atoms with Gasteiger partial charge in [0.05, 0.1) is 11.6 Å². The molecule has 0 radical (unpaired) electrons. The van der Waals surface area contributed by atoms with Crippen molar-refractivity contribution in [2.45, 2.75) is 18.9 Å². The topological polar surface area (TPSA) is 40.6 Å². The van der Waals surface area contributed by atoms with Gasteiger partial charge in [0.25, 0.3) is 5.91 Å². The molecule has 4 rings (SSSR count). The number of thioether (sulfide) groups is 1. The van der Waals surface area contributed by atoms with Crippen LogP contribution < -0.4 is 4.90 Å². The van der Waals surface area contributed by atoms with Crippen LogP contribution in [-0.4, -0.2) is 47.4 Å². The van der Waals surface area contributed by atoms with E-state index < -0.39 is 12.0 Å². The Labute approximate surface area is 158 Å². The molecular formula is C21H22N2O2S. The zero-order valence-electron chi connectivity index (χ0n) is 14.8. The van der Waals surface area contributed by atoms with E-state index >= 15 is 0 Å². The van der Waals surface area contributed by atoms with Gasteiger partial charge in [-0.2, -0.15) is 11.8 Å². The van der Waals surface area contributed by atoms with Crippen molar-refractivity contribution < 1.29 is 9.59 Å². The van der Waals surface area contributed by atoms with E-state index in [9.17, 15) is 9.59 Å². The summed E-state index contributed by atoms with van der Waals surface area (Å²) >= 11 is 1.90. The van der Waals surface area contributed by atoms with Gasteiger partial charge in [-0.15, -0.1) is 0 Å². The summed E-state index contributed by atoms with van der Waals surface area (Å²) in [4.78, 5) is 30.3. The van der Waals surface area contributed by atoms with Crippen LogP contribution in [0.1, 0.15) is 17.0 Å². The van der Waals surface area contributed by atoms with Crippen LogP contribution in [0.25, 0.3) is 0 Å². The molecule has 2 aromatic rings. The van der Waals surface area contributed by atoms with E-state index in [4.69, 9.17) is 0 Å². The van der Waals surface area contributed by atoms with Gasteiger partial charge in [-0.05, 0) is 24.6 Å². The normalized spacial score (nSPS) is 24.3. The van der Waals surface area contributed by atoms with Crippen molar-refractivity contribution in [3.8, 4) is 0 Å². The van der Waals surface area contributed by atoms with Crippen LogP contribution >= 0.6 is 11.8 Å². The Balaban J connectivity index is 1.75. The zero-order chi connectivity index (χ0) is 18.1. The Kier molecular flexibility index (Phi) is 4.83. The van der Waals surface area contributed by atoms with Gasteiger partial charge in [-0.25, -0.2) is 4.90 Å². The smallest absolute Gasteiger partial charge is 0.252 e. The standard InChI is InChI=1S/C21H22N2O2S/c1-15-7-9-17(10-8-15)23-20(24)18(16-5-3-2-4-6-16)19(21(23)25)22-11-13-26-14-12-22/h2-10,18-19H,11-14H2,1H3/t18-,19+/m1/s1. The summed E-state index contributed by atoms with van der Waals surface area (Å²) < 4.78 is 0. The minimum atomic E-state index is -0.437. The molecule has 0 N–H and O–H groups in total. The monoisotopic (exact) mass is 366 g/mol. The number of hydrogen-bond acceptors (Lipinski definition) is 4. The third-order valence-corrected chi connectivity index (χ3v) is 6.11. The summed E-state index contributed by atoms with van der Waals surface area (Å²) in [5.41, 5.74) is 2.70. The van der Waals surface area contributed by atoms with Crippen LogP contribution in [0.3, 0.4) is 0 Å². The lowest BCUT2D eigenvalue weighted by Gasteiger charge is -2.33. The van der Waals surface area contributed by atoms with Gasteiger partial charge >= 0.3 is 0 Å². The summed E-state index contributed by atoms with van der Waals surface area (Å²) in [5.74, 6) is 1.36. The van der Waals surface area contributed by atoms with Gasteiger partial charge in [-0.3, -0.25) is 14.5 Å². The molecule has 2 aliphatic heterocycles. The number of carbonyl (C=O) groups is 2. The minimum absolute atomic E-state index is 0.0976. The van der Waals surface area contributed by atoms with Gasteiger partial charge in [-0.1, -0.05) is 48.0 Å². The van der Waals surface area contributed by atoms with Crippen molar-refractivity contribution >= 4 is 29.3 Å². The number of benzene rings is 2. The Morgan fingerprint density at radius 2 is 1.54 bits per heavy atom. The number of hydrogen-bond donors (Lipinski definition) is 0. The molecule has 0 saturated carbocycles. The van der Waals surface area contributed by atoms with E-state index in [1.54, 1.807) is 0 Å². The first-order chi connectivity index (χ1) is 12.7. The molecule has 2 saturated heterocycles. The molecule has 4 nitrogen and oxygen atoms in total. The maximum absolute atomic E-state index is 13.3. The van der Waals surface area contributed by atoms with Gasteiger partial charge in [0.2, 0.25) is 5.91 Å². The summed E-state index contributed by atoms with van der Waals surface area (Å²) in [5, 5.41) is 0. The number of anilines is 1. The molecule has 2 heterocycles. The molecule has 2 amide bonds. The van der Waals surface area contributed by atoms with Gasteiger partial charge in [0.1, 0.15) is 6.04 Å². The van der Waals surface area contributed by atoms with E-state index in [0.29, 0.717) is 5.69 Å². The number of rotatable bonds is 3. The summed E-state index contributed by atoms with van der Waals surface area (Å²) in [6, 6.07) is 16.9. The number of aryl methyl sites for hydroxylation is 1. The second-order valence-electron chi connectivity index (χ2n) is 6.83. The Morgan fingerprint density at radius 3 is 2.19 bits per heavy atom. The second-order valence-corrected chi connectivity index (χ2v) is 8.05. The third kappa shape index (κ3) is 3.06. The molecule has 0 aliphatic carbocycles. The van der Waals surface area contributed by atoms with Crippen LogP contribution in [0.15, 0.2) is 54.6 Å². The number of amides is 2. The average Bonchev–Trinajstić information content (AvgIpc) is 2.94. The van der Waals surface area contributed by atoms with Crippen molar-refractivity contribution in [1.29, 1.82) is 0 Å². The summed E-state index contributed by atoms with van der Waals surface area (Å²) in [6.45, 7) is 3.69. The molecule has 2 aliphatic rings. The highest BCUT2D eigenvalue weighted by molar-refractivity contribution is 7.99. The molecular weight excluding hydrogens is 344 g/mol. The lowest BCUT2D eigenvalue weighted by molar-refractivity contribution is -0.122. The van der Waals surface area contributed by atoms with Gasteiger partial charge < -0.3 is 0 Å². The summed E-state index contributed by atoms with van der Waals surface area (Å²) in [6.07, 6.45) is 0. The van der Waals surface area contributed by atoms with E-state index in [1.165, 1.54) is 4.90 Å². The number of imide groups is 1. The van der Waals surface area contributed by atoms with E-state index in [0.717, 1.165) is 35.7 Å². The Bertz CT molecular complexity index is 801. The van der Waals surface area contributed by atoms with Crippen LogP contribution in [0.5, 0.6) is 0 Å².